The molecule has 0 amide bonds. The second-order valence-electron chi connectivity index (χ2n) is 3.69. The molecular formula is C9H20N2. The first kappa shape index (κ1) is 9.01. The second-order valence-corrected chi connectivity index (χ2v) is 3.69. The Morgan fingerprint density at radius 2 is 2.18 bits per heavy atom. The lowest BCUT2D eigenvalue weighted by Gasteiger charge is -2.35. The van der Waals surface area contributed by atoms with Crippen molar-refractivity contribution in [3.05, 3.63) is 0 Å². The molecule has 0 aromatic rings. The highest BCUT2D eigenvalue weighted by atomic mass is 15.1. The van der Waals surface area contributed by atoms with E-state index in [9.17, 15) is 0 Å². The zero-order valence-corrected chi connectivity index (χ0v) is 7.71. The van der Waals surface area contributed by atoms with Gasteiger partial charge in [-0.2, -0.15) is 0 Å². The van der Waals surface area contributed by atoms with E-state index in [1.165, 1.54) is 19.3 Å². The van der Waals surface area contributed by atoms with Gasteiger partial charge in [-0.1, -0.05) is 13.3 Å². The molecule has 1 fully saturated rings. The molecule has 0 aromatic carbocycles. The van der Waals surface area contributed by atoms with Crippen molar-refractivity contribution in [2.24, 2.45) is 5.73 Å². The van der Waals surface area contributed by atoms with Gasteiger partial charge in [0.25, 0.3) is 0 Å². The molecule has 11 heavy (non-hydrogen) atoms. The lowest BCUT2D eigenvalue weighted by Crippen LogP contribution is -2.43. The molecule has 0 aromatic heterocycles. The summed E-state index contributed by atoms with van der Waals surface area (Å²) in [7, 11) is 2.19. The van der Waals surface area contributed by atoms with Gasteiger partial charge in [-0.05, 0) is 26.3 Å². The van der Waals surface area contributed by atoms with Crippen LogP contribution in [0.4, 0.5) is 0 Å². The van der Waals surface area contributed by atoms with E-state index in [2.05, 4.69) is 18.9 Å². The highest BCUT2D eigenvalue weighted by Gasteiger charge is 2.22. The van der Waals surface area contributed by atoms with Crippen molar-refractivity contribution < 1.29 is 0 Å². The molecule has 1 aliphatic rings. The normalized spacial score (nSPS) is 21.8. The number of likely N-dealkylation sites (N-methyl/N-ethyl adjacent to an activating group) is 1. The zero-order chi connectivity index (χ0) is 8.27. The first-order valence-corrected chi connectivity index (χ1v) is 4.70. The van der Waals surface area contributed by atoms with Gasteiger partial charge >= 0.3 is 0 Å². The lowest BCUT2D eigenvalue weighted by atomic mass is 9.91. The van der Waals surface area contributed by atoms with Crippen LogP contribution in [0.5, 0.6) is 0 Å². The molecule has 2 heteroatoms. The van der Waals surface area contributed by atoms with Gasteiger partial charge in [-0.25, -0.2) is 0 Å². The van der Waals surface area contributed by atoms with E-state index in [0.717, 1.165) is 19.0 Å². The Bertz CT molecular complexity index is 110. The predicted molar refractivity (Wildman–Crippen MR) is 48.5 cm³/mol. The van der Waals surface area contributed by atoms with Gasteiger partial charge in [-0.15, -0.1) is 0 Å². The van der Waals surface area contributed by atoms with E-state index >= 15 is 0 Å². The van der Waals surface area contributed by atoms with Crippen LogP contribution in [0.3, 0.4) is 0 Å². The van der Waals surface area contributed by atoms with Gasteiger partial charge < -0.3 is 10.6 Å². The molecule has 0 spiro atoms. The molecule has 0 saturated heterocycles. The van der Waals surface area contributed by atoms with Gasteiger partial charge in [0.1, 0.15) is 0 Å². The number of hydrogen-bond acceptors (Lipinski definition) is 2. The lowest BCUT2D eigenvalue weighted by molar-refractivity contribution is 0.151. The molecule has 1 unspecified atom stereocenters. The van der Waals surface area contributed by atoms with Crippen LogP contribution in [0.1, 0.15) is 32.6 Å². The van der Waals surface area contributed by atoms with Crippen LogP contribution in [-0.4, -0.2) is 30.6 Å². The summed E-state index contributed by atoms with van der Waals surface area (Å²) in [4.78, 5) is 2.41. The quantitative estimate of drug-likeness (QED) is 0.663. The maximum absolute atomic E-state index is 5.85. The average molecular weight is 156 g/mol. The Balaban J connectivity index is 2.13. The zero-order valence-electron chi connectivity index (χ0n) is 7.71. The van der Waals surface area contributed by atoms with E-state index in [1.54, 1.807) is 0 Å². The molecule has 1 rings (SSSR count). The summed E-state index contributed by atoms with van der Waals surface area (Å²) in [5, 5.41) is 0. The molecule has 0 aliphatic heterocycles. The van der Waals surface area contributed by atoms with Crippen LogP contribution >= 0.6 is 0 Å². The maximum atomic E-state index is 5.85. The Morgan fingerprint density at radius 1 is 1.55 bits per heavy atom. The number of nitrogens with zero attached hydrogens (tertiary/aromatic N) is 1. The van der Waals surface area contributed by atoms with Crippen LogP contribution in [0, 0.1) is 0 Å². The second kappa shape index (κ2) is 4.07. The summed E-state index contributed by atoms with van der Waals surface area (Å²) in [6.45, 7) is 3.22. The SMILES string of the molecule is CCC(N)CN(C)C1CCC1. The smallest absolute Gasteiger partial charge is 0.0165 e. The third-order valence-corrected chi connectivity index (χ3v) is 2.74. The molecule has 1 aliphatic carbocycles. The molecule has 1 atom stereocenters. The van der Waals surface area contributed by atoms with Crippen molar-refractivity contribution in [1.29, 1.82) is 0 Å². The number of hydrogen-bond donors (Lipinski definition) is 1. The number of rotatable bonds is 4. The van der Waals surface area contributed by atoms with E-state index in [1.807, 2.05) is 0 Å². The van der Waals surface area contributed by atoms with E-state index in [-0.39, 0.29) is 0 Å². The van der Waals surface area contributed by atoms with Gasteiger partial charge in [0, 0.05) is 18.6 Å². The minimum absolute atomic E-state index is 0.376. The predicted octanol–water partition coefficient (Wildman–Crippen LogP) is 1.21. The van der Waals surface area contributed by atoms with Crippen molar-refractivity contribution >= 4 is 0 Å². The molecule has 0 bridgehead atoms. The van der Waals surface area contributed by atoms with Crippen LogP contribution in [0.15, 0.2) is 0 Å². The van der Waals surface area contributed by atoms with Crippen LogP contribution in [0.25, 0.3) is 0 Å². The minimum atomic E-state index is 0.376. The van der Waals surface area contributed by atoms with Crippen molar-refractivity contribution in [1.82, 2.24) is 4.90 Å². The average Bonchev–Trinajstić information content (AvgIpc) is 1.83. The maximum Gasteiger partial charge on any atom is 0.0165 e. The molecule has 2 N–H and O–H groups in total. The fourth-order valence-electron chi connectivity index (χ4n) is 1.48. The van der Waals surface area contributed by atoms with Gasteiger partial charge in [0.2, 0.25) is 0 Å². The van der Waals surface area contributed by atoms with E-state index in [0.29, 0.717) is 6.04 Å². The number of nitrogens with two attached hydrogens (primary N) is 1. The Morgan fingerprint density at radius 3 is 2.55 bits per heavy atom. The van der Waals surface area contributed by atoms with Crippen molar-refractivity contribution in [2.75, 3.05) is 13.6 Å². The third kappa shape index (κ3) is 2.46. The molecule has 0 radical (unpaired) electrons. The third-order valence-electron chi connectivity index (χ3n) is 2.74. The Hall–Kier alpha value is -0.0800. The summed E-state index contributed by atoms with van der Waals surface area (Å²) >= 11 is 0. The molecule has 2 nitrogen and oxygen atoms in total. The van der Waals surface area contributed by atoms with Crippen LogP contribution in [-0.2, 0) is 0 Å². The van der Waals surface area contributed by atoms with Crippen molar-refractivity contribution in [2.45, 2.75) is 44.7 Å². The van der Waals surface area contributed by atoms with Gasteiger partial charge in [0.15, 0.2) is 0 Å². The molecule has 1 saturated carbocycles. The summed E-state index contributed by atoms with van der Waals surface area (Å²) in [6, 6.07) is 1.22. The van der Waals surface area contributed by atoms with Crippen molar-refractivity contribution in [3.8, 4) is 0 Å². The largest absolute Gasteiger partial charge is 0.327 e. The standard InChI is InChI=1S/C9H20N2/c1-3-8(10)7-11(2)9-5-4-6-9/h8-9H,3-7,10H2,1-2H3. The fraction of sp³-hybridized carbons (Fsp3) is 1.00. The summed E-state index contributed by atoms with van der Waals surface area (Å²) in [6.07, 6.45) is 5.27. The van der Waals surface area contributed by atoms with Gasteiger partial charge in [0.05, 0.1) is 0 Å². The van der Waals surface area contributed by atoms with Crippen LogP contribution in [0.2, 0.25) is 0 Å². The summed E-state index contributed by atoms with van der Waals surface area (Å²) in [5.41, 5.74) is 5.85. The highest BCUT2D eigenvalue weighted by Crippen LogP contribution is 2.23. The van der Waals surface area contributed by atoms with Gasteiger partial charge in [-0.3, -0.25) is 0 Å². The molecular weight excluding hydrogens is 136 g/mol. The monoisotopic (exact) mass is 156 g/mol. The van der Waals surface area contributed by atoms with E-state index in [4.69, 9.17) is 5.73 Å². The van der Waals surface area contributed by atoms with Crippen LogP contribution < -0.4 is 5.73 Å². The topological polar surface area (TPSA) is 29.3 Å². The van der Waals surface area contributed by atoms with E-state index < -0.39 is 0 Å². The molecule has 0 heterocycles. The summed E-state index contributed by atoms with van der Waals surface area (Å²) in [5.74, 6) is 0. The Labute approximate surface area is 69.8 Å². The first-order valence-electron chi connectivity index (χ1n) is 4.70. The first-order chi connectivity index (χ1) is 5.24. The minimum Gasteiger partial charge on any atom is -0.327 e. The van der Waals surface area contributed by atoms with Crippen molar-refractivity contribution in [3.63, 3.8) is 0 Å². The fourth-order valence-corrected chi connectivity index (χ4v) is 1.48. The summed E-state index contributed by atoms with van der Waals surface area (Å²) < 4.78 is 0. The molecule has 66 valence electrons. The Kier molecular flexibility index (Phi) is 3.34. The highest BCUT2D eigenvalue weighted by molar-refractivity contribution is 4.79.